The van der Waals surface area contributed by atoms with Crippen LogP contribution < -0.4 is 0 Å². The maximum atomic E-state index is 14.0. The van der Waals surface area contributed by atoms with Crippen molar-refractivity contribution in [2.24, 2.45) is 4.99 Å². The molecular formula is C18H14FNO2. The first-order valence-electron chi connectivity index (χ1n) is 6.86. The summed E-state index contributed by atoms with van der Waals surface area (Å²) in [5, 5.41) is 10.7. The van der Waals surface area contributed by atoms with Crippen molar-refractivity contribution < 1.29 is 14.2 Å². The number of aliphatic imine (C=N–C) groups is 1. The topological polar surface area (TPSA) is 41.8 Å². The molecule has 1 N–H and O–H groups in total. The van der Waals surface area contributed by atoms with E-state index in [9.17, 15) is 9.50 Å². The third-order valence-electron chi connectivity index (χ3n) is 3.62. The summed E-state index contributed by atoms with van der Waals surface area (Å²) in [5.74, 6) is 1.56. The van der Waals surface area contributed by atoms with Gasteiger partial charge < -0.3 is 9.84 Å². The van der Waals surface area contributed by atoms with Gasteiger partial charge in [0.1, 0.15) is 18.5 Å². The van der Waals surface area contributed by atoms with Crippen molar-refractivity contribution in [2.75, 3.05) is 6.61 Å². The fourth-order valence-corrected chi connectivity index (χ4v) is 2.43. The average Bonchev–Trinajstić information content (AvgIpc) is 3.06. The van der Waals surface area contributed by atoms with E-state index in [0.717, 1.165) is 5.56 Å². The lowest BCUT2D eigenvalue weighted by molar-refractivity contribution is 0.135. The van der Waals surface area contributed by atoms with Gasteiger partial charge in [0.25, 0.3) is 0 Å². The Bertz CT molecular complexity index is 751. The van der Waals surface area contributed by atoms with E-state index in [2.05, 4.69) is 10.9 Å². The number of terminal acetylenes is 1. The summed E-state index contributed by atoms with van der Waals surface area (Å²) in [5.41, 5.74) is -1.09. The van der Waals surface area contributed by atoms with Crippen LogP contribution in [0.1, 0.15) is 17.2 Å². The van der Waals surface area contributed by atoms with Crippen LogP contribution in [-0.2, 0) is 10.3 Å². The zero-order valence-corrected chi connectivity index (χ0v) is 11.7. The Labute approximate surface area is 128 Å². The third-order valence-corrected chi connectivity index (χ3v) is 3.62. The van der Waals surface area contributed by atoms with Gasteiger partial charge in [0.15, 0.2) is 0 Å². The second-order valence-electron chi connectivity index (χ2n) is 5.01. The monoisotopic (exact) mass is 295 g/mol. The normalized spacial score (nSPS) is 19.7. The highest BCUT2D eigenvalue weighted by atomic mass is 19.1. The molecule has 2 atom stereocenters. The van der Waals surface area contributed by atoms with E-state index in [1.54, 1.807) is 6.07 Å². The summed E-state index contributed by atoms with van der Waals surface area (Å²) < 4.78 is 19.5. The summed E-state index contributed by atoms with van der Waals surface area (Å²) in [4.78, 5) is 4.35. The van der Waals surface area contributed by atoms with Crippen molar-refractivity contribution in [1.29, 1.82) is 0 Å². The Morgan fingerprint density at radius 3 is 2.55 bits per heavy atom. The number of halogens is 1. The molecule has 0 aromatic heterocycles. The highest BCUT2D eigenvalue weighted by Gasteiger charge is 2.41. The van der Waals surface area contributed by atoms with Crippen LogP contribution in [0.5, 0.6) is 0 Å². The lowest BCUT2D eigenvalue weighted by atomic mass is 9.94. The minimum absolute atomic E-state index is 0.0371. The van der Waals surface area contributed by atoms with Gasteiger partial charge in [-0.25, -0.2) is 9.38 Å². The van der Waals surface area contributed by atoms with E-state index >= 15 is 0 Å². The van der Waals surface area contributed by atoms with E-state index in [1.165, 1.54) is 18.2 Å². The van der Waals surface area contributed by atoms with Crippen molar-refractivity contribution in [2.45, 2.75) is 11.6 Å². The predicted molar refractivity (Wildman–Crippen MR) is 81.7 cm³/mol. The summed E-state index contributed by atoms with van der Waals surface area (Å²) in [6.45, 7) is 0.262. The molecule has 0 saturated heterocycles. The van der Waals surface area contributed by atoms with Crippen molar-refractivity contribution in [3.63, 3.8) is 0 Å². The van der Waals surface area contributed by atoms with E-state index in [4.69, 9.17) is 11.2 Å². The standard InChI is InChI=1S/C18H14FNO2/c1-2-18(21,14-10-6-7-11-15(14)19)17-20-16(12-22-17)13-8-4-3-5-9-13/h1,3-11,16,21H,12H2. The van der Waals surface area contributed by atoms with Crippen molar-refractivity contribution in [3.05, 3.63) is 71.5 Å². The lowest BCUT2D eigenvalue weighted by Crippen LogP contribution is -2.35. The number of ether oxygens (including phenoxy) is 1. The fraction of sp³-hybridized carbons (Fsp3) is 0.167. The number of benzene rings is 2. The Morgan fingerprint density at radius 1 is 1.18 bits per heavy atom. The quantitative estimate of drug-likeness (QED) is 0.885. The maximum absolute atomic E-state index is 14.0. The zero-order chi connectivity index (χ0) is 15.6. The van der Waals surface area contributed by atoms with Gasteiger partial charge in [-0.3, -0.25) is 0 Å². The number of rotatable bonds is 3. The van der Waals surface area contributed by atoms with Crippen molar-refractivity contribution >= 4 is 5.90 Å². The van der Waals surface area contributed by atoms with Gasteiger partial charge in [0, 0.05) is 5.56 Å². The SMILES string of the molecule is C#CC(O)(C1=NC(c2ccccc2)CO1)c1ccccc1F. The molecule has 0 aliphatic carbocycles. The molecule has 2 aromatic rings. The van der Waals surface area contributed by atoms with E-state index in [0.29, 0.717) is 0 Å². The summed E-state index contributed by atoms with van der Waals surface area (Å²) in [6.07, 6.45) is 5.44. The smallest absolute Gasteiger partial charge is 0.235 e. The zero-order valence-electron chi connectivity index (χ0n) is 11.7. The first-order chi connectivity index (χ1) is 10.6. The molecule has 1 heterocycles. The van der Waals surface area contributed by atoms with Gasteiger partial charge >= 0.3 is 0 Å². The molecule has 110 valence electrons. The molecule has 2 aromatic carbocycles. The van der Waals surface area contributed by atoms with Crippen LogP contribution in [0.3, 0.4) is 0 Å². The maximum Gasteiger partial charge on any atom is 0.235 e. The molecule has 22 heavy (non-hydrogen) atoms. The van der Waals surface area contributed by atoms with Gasteiger partial charge in [0.2, 0.25) is 11.5 Å². The average molecular weight is 295 g/mol. The summed E-state index contributed by atoms with van der Waals surface area (Å²) >= 11 is 0. The number of aliphatic hydroxyl groups is 1. The molecule has 4 heteroatoms. The highest BCUT2D eigenvalue weighted by molar-refractivity contribution is 5.91. The van der Waals surface area contributed by atoms with Gasteiger partial charge in [0.05, 0.1) is 0 Å². The fourth-order valence-electron chi connectivity index (χ4n) is 2.43. The second kappa shape index (κ2) is 5.63. The van der Waals surface area contributed by atoms with Crippen LogP contribution in [0.15, 0.2) is 59.6 Å². The largest absolute Gasteiger partial charge is 0.475 e. The number of nitrogens with zero attached hydrogens (tertiary/aromatic N) is 1. The van der Waals surface area contributed by atoms with Crippen LogP contribution in [-0.4, -0.2) is 17.6 Å². The molecular weight excluding hydrogens is 281 g/mol. The van der Waals surface area contributed by atoms with Crippen molar-refractivity contribution in [1.82, 2.24) is 0 Å². The molecule has 0 saturated carbocycles. The summed E-state index contributed by atoms with van der Waals surface area (Å²) in [6, 6.07) is 15.1. The first-order valence-corrected chi connectivity index (χ1v) is 6.86. The molecule has 2 unspecified atom stereocenters. The van der Waals surface area contributed by atoms with Crippen LogP contribution in [0, 0.1) is 18.2 Å². The minimum Gasteiger partial charge on any atom is -0.475 e. The van der Waals surface area contributed by atoms with Crippen LogP contribution in [0.4, 0.5) is 4.39 Å². The molecule has 0 fully saturated rings. The Morgan fingerprint density at radius 2 is 1.86 bits per heavy atom. The van der Waals surface area contributed by atoms with Gasteiger partial charge in [-0.1, -0.05) is 54.5 Å². The van der Waals surface area contributed by atoms with Crippen LogP contribution in [0.25, 0.3) is 0 Å². The molecule has 1 aliphatic rings. The van der Waals surface area contributed by atoms with Gasteiger partial charge in [-0.2, -0.15) is 0 Å². The van der Waals surface area contributed by atoms with Gasteiger partial charge in [-0.15, -0.1) is 6.42 Å². The number of hydrogen-bond acceptors (Lipinski definition) is 3. The molecule has 0 bridgehead atoms. The number of hydrogen-bond donors (Lipinski definition) is 1. The van der Waals surface area contributed by atoms with Crippen molar-refractivity contribution in [3.8, 4) is 12.3 Å². The lowest BCUT2D eigenvalue weighted by Gasteiger charge is -2.22. The van der Waals surface area contributed by atoms with E-state index < -0.39 is 11.4 Å². The second-order valence-corrected chi connectivity index (χ2v) is 5.01. The van der Waals surface area contributed by atoms with Gasteiger partial charge in [-0.05, 0) is 11.6 Å². The summed E-state index contributed by atoms with van der Waals surface area (Å²) in [7, 11) is 0. The Kier molecular flexibility index (Phi) is 3.66. The Balaban J connectivity index is 1.99. The first kappa shape index (κ1) is 14.3. The highest BCUT2D eigenvalue weighted by Crippen LogP contribution is 2.32. The Hall–Kier alpha value is -2.64. The molecule has 0 amide bonds. The predicted octanol–water partition coefficient (Wildman–Crippen LogP) is 2.82. The molecule has 0 spiro atoms. The van der Waals surface area contributed by atoms with Crippen LogP contribution in [0.2, 0.25) is 0 Å². The molecule has 0 radical (unpaired) electrons. The molecule has 3 rings (SSSR count). The molecule has 3 nitrogen and oxygen atoms in total. The minimum atomic E-state index is -2.01. The van der Waals surface area contributed by atoms with E-state index in [-0.39, 0.29) is 24.1 Å². The van der Waals surface area contributed by atoms with E-state index in [1.807, 2.05) is 30.3 Å². The molecule has 1 aliphatic heterocycles. The third kappa shape index (κ3) is 2.36. The van der Waals surface area contributed by atoms with Crippen LogP contribution >= 0.6 is 0 Å².